The Balaban J connectivity index is 1.37. The maximum Gasteiger partial charge on any atom is 0.336 e. The number of fused-ring (bicyclic) bond motifs is 1. The second-order valence-corrected chi connectivity index (χ2v) is 12.1. The maximum atomic E-state index is 13.6. The monoisotopic (exact) mass is 570 g/mol. The Morgan fingerprint density at radius 2 is 1.74 bits per heavy atom. The molecule has 1 aliphatic heterocycles. The smallest absolute Gasteiger partial charge is 0.336 e. The van der Waals surface area contributed by atoms with E-state index in [9.17, 15) is 13.2 Å². The van der Waals surface area contributed by atoms with E-state index in [4.69, 9.17) is 11.6 Å². The molecule has 4 aromatic rings. The van der Waals surface area contributed by atoms with Gasteiger partial charge in [0.1, 0.15) is 4.90 Å². The number of para-hydroxylation sites is 2. The summed E-state index contributed by atoms with van der Waals surface area (Å²) < 4.78 is 28.4. The van der Waals surface area contributed by atoms with E-state index >= 15 is 0 Å². The molecule has 1 saturated heterocycles. The third kappa shape index (κ3) is 5.54. The summed E-state index contributed by atoms with van der Waals surface area (Å²) in [5.74, 6) is -0.250. The highest BCUT2D eigenvalue weighted by molar-refractivity contribution is 8.00. The van der Waals surface area contributed by atoms with Gasteiger partial charge in [0, 0.05) is 31.2 Å². The summed E-state index contributed by atoms with van der Waals surface area (Å²) in [4.78, 5) is 21.1. The van der Waals surface area contributed by atoms with Gasteiger partial charge < -0.3 is 15.1 Å². The van der Waals surface area contributed by atoms with Crippen molar-refractivity contribution in [2.45, 2.75) is 17.0 Å². The molecule has 2 heterocycles. The number of thioether (sulfide) groups is 1. The number of halogens is 1. The molecule has 0 spiro atoms. The summed E-state index contributed by atoms with van der Waals surface area (Å²) in [6, 6.07) is 21.0. The van der Waals surface area contributed by atoms with Crippen LogP contribution in [0, 0.1) is 0 Å². The first-order valence-electron chi connectivity index (χ1n) is 12.4. The third-order valence-electron chi connectivity index (χ3n) is 6.56. The first-order valence-corrected chi connectivity index (χ1v) is 15.2. The fourth-order valence-corrected chi connectivity index (χ4v) is 7.33. The van der Waals surface area contributed by atoms with E-state index in [1.807, 2.05) is 24.3 Å². The summed E-state index contributed by atoms with van der Waals surface area (Å²) >= 11 is 7.41. The van der Waals surface area contributed by atoms with E-state index in [0.717, 1.165) is 50.2 Å². The van der Waals surface area contributed by atoms with Crippen molar-refractivity contribution in [3.05, 3.63) is 77.8 Å². The maximum absolute atomic E-state index is 13.6. The summed E-state index contributed by atoms with van der Waals surface area (Å²) in [5, 5.41) is 3.88. The Morgan fingerprint density at radius 1 is 1.03 bits per heavy atom. The standard InChI is InChI=1S/C27H28ClN5O3S2/c1-2-31-14-16-32(17-15-31)24-13-12-20(28)18-23(24)29-26(34)19-37-27-30-22-10-6-7-11-25(22)33(27)38(35,36)21-8-4-3-5-9-21/h3-13,18H,2,14-17,19H2,1H3,(H,29,34)/p+1. The molecule has 0 atom stereocenters. The quantitative estimate of drug-likeness (QED) is 0.244. The van der Waals surface area contributed by atoms with Gasteiger partial charge in [-0.1, -0.05) is 48.9 Å². The van der Waals surface area contributed by atoms with Crippen LogP contribution in [-0.2, 0) is 14.8 Å². The van der Waals surface area contributed by atoms with Crippen LogP contribution in [-0.4, -0.2) is 62.7 Å². The van der Waals surface area contributed by atoms with Crippen molar-refractivity contribution in [2.24, 2.45) is 0 Å². The first-order chi connectivity index (χ1) is 18.4. The zero-order valence-corrected chi connectivity index (χ0v) is 23.3. The number of nitrogens with zero attached hydrogens (tertiary/aromatic N) is 3. The largest absolute Gasteiger partial charge is 0.367 e. The molecule has 1 aromatic heterocycles. The minimum atomic E-state index is -3.89. The topological polar surface area (TPSA) is 89.4 Å². The molecule has 1 amide bonds. The predicted octanol–water partition coefficient (Wildman–Crippen LogP) is 4.22. The molecule has 0 bridgehead atoms. The molecule has 11 heteroatoms. The van der Waals surface area contributed by atoms with Crippen LogP contribution in [0.25, 0.3) is 11.0 Å². The number of amides is 1. The molecule has 2 N–H and O–H groups in total. The van der Waals surface area contributed by atoms with Crippen molar-refractivity contribution in [1.82, 2.24) is 9.88 Å². The second-order valence-electron chi connectivity index (χ2n) is 8.95. The number of piperazine rings is 1. The number of carbonyl (C=O) groups is 1. The van der Waals surface area contributed by atoms with Crippen molar-refractivity contribution < 1.29 is 17.2 Å². The molecule has 0 unspecified atom stereocenters. The highest BCUT2D eigenvalue weighted by atomic mass is 35.5. The molecule has 1 fully saturated rings. The van der Waals surface area contributed by atoms with E-state index < -0.39 is 10.0 Å². The van der Waals surface area contributed by atoms with Crippen molar-refractivity contribution >= 4 is 61.7 Å². The molecule has 0 aliphatic carbocycles. The Hall–Kier alpha value is -3.05. The number of rotatable bonds is 8. The molecular formula is C27H29ClN5O3S2+. The normalized spacial score (nSPS) is 14.6. The van der Waals surface area contributed by atoms with Crippen LogP contribution < -0.4 is 14.2 Å². The lowest BCUT2D eigenvalue weighted by atomic mass is 10.2. The molecule has 198 valence electrons. The zero-order chi connectivity index (χ0) is 26.7. The lowest BCUT2D eigenvalue weighted by molar-refractivity contribution is -0.526. The minimum Gasteiger partial charge on any atom is -0.367 e. The van der Waals surface area contributed by atoms with Crippen molar-refractivity contribution in [3.63, 3.8) is 0 Å². The Bertz CT molecular complexity index is 1550. The van der Waals surface area contributed by atoms with Crippen molar-refractivity contribution in [2.75, 3.05) is 48.7 Å². The number of anilines is 2. The molecule has 38 heavy (non-hydrogen) atoms. The van der Waals surface area contributed by atoms with Crippen LogP contribution in [0.1, 0.15) is 6.92 Å². The molecule has 0 saturated carbocycles. The number of hydrogen-bond donors (Lipinski definition) is 2. The summed E-state index contributed by atoms with van der Waals surface area (Å²) in [7, 11) is -3.89. The van der Waals surface area contributed by atoms with Gasteiger partial charge in [0.2, 0.25) is 5.91 Å². The van der Waals surface area contributed by atoms with Gasteiger partial charge in [0.25, 0.3) is 0 Å². The lowest BCUT2D eigenvalue weighted by Crippen LogP contribution is -2.46. The van der Waals surface area contributed by atoms with Crippen LogP contribution >= 0.6 is 23.4 Å². The molecule has 1 aliphatic rings. The average Bonchev–Trinajstić information content (AvgIpc) is 3.32. The molecular weight excluding hydrogens is 542 g/mol. The SMILES string of the molecule is CCN1CCN(c2ccc(Cl)cc2NC(=O)CSc2[nH]c3ccccc3[n+]2S(=O)(=O)c2ccccc2)CC1. The highest BCUT2D eigenvalue weighted by Gasteiger charge is 2.32. The predicted molar refractivity (Wildman–Crippen MR) is 153 cm³/mol. The number of aromatic amines is 1. The van der Waals surface area contributed by atoms with E-state index in [2.05, 4.69) is 27.0 Å². The zero-order valence-electron chi connectivity index (χ0n) is 20.9. The summed E-state index contributed by atoms with van der Waals surface area (Å²) in [5.41, 5.74) is 2.76. The number of benzene rings is 3. The molecule has 3 aromatic carbocycles. The molecule has 0 radical (unpaired) electrons. The number of H-pyrrole nitrogens is 1. The number of imidazole rings is 1. The van der Waals surface area contributed by atoms with Crippen molar-refractivity contribution in [3.8, 4) is 0 Å². The number of likely N-dealkylation sites (N-methyl/N-ethyl adjacent to an activating group) is 1. The Morgan fingerprint density at radius 3 is 2.47 bits per heavy atom. The molecule has 5 rings (SSSR count). The van der Waals surface area contributed by atoms with E-state index in [-0.39, 0.29) is 16.6 Å². The fraction of sp³-hybridized carbons (Fsp3) is 0.259. The van der Waals surface area contributed by atoms with Crippen LogP contribution in [0.2, 0.25) is 5.02 Å². The van der Waals surface area contributed by atoms with E-state index in [0.29, 0.717) is 26.9 Å². The van der Waals surface area contributed by atoms with Crippen LogP contribution in [0.4, 0.5) is 11.4 Å². The van der Waals surface area contributed by atoms with E-state index in [1.165, 1.54) is 3.97 Å². The summed E-state index contributed by atoms with van der Waals surface area (Å²) in [6.45, 7) is 6.81. The van der Waals surface area contributed by atoms with Gasteiger partial charge in [0.15, 0.2) is 11.0 Å². The number of aromatic nitrogens is 2. The minimum absolute atomic E-state index is 0.00664. The van der Waals surface area contributed by atoms with Crippen LogP contribution in [0.15, 0.2) is 82.8 Å². The summed E-state index contributed by atoms with van der Waals surface area (Å²) in [6.07, 6.45) is 0. The van der Waals surface area contributed by atoms with Gasteiger partial charge in [0.05, 0.1) is 17.1 Å². The number of carbonyl (C=O) groups excluding carboxylic acids is 1. The first kappa shape index (κ1) is 26.6. The van der Waals surface area contributed by atoms with Gasteiger partial charge in [-0.25, -0.2) is 4.98 Å². The second kappa shape index (κ2) is 11.4. The van der Waals surface area contributed by atoms with E-state index in [1.54, 1.807) is 48.5 Å². The fourth-order valence-electron chi connectivity index (χ4n) is 4.57. The Kier molecular flexibility index (Phi) is 7.94. The lowest BCUT2D eigenvalue weighted by Gasteiger charge is -2.36. The van der Waals surface area contributed by atoms with Gasteiger partial charge in [-0.05, 0) is 60.8 Å². The number of nitrogens with one attached hydrogen (secondary N) is 2. The van der Waals surface area contributed by atoms with Gasteiger partial charge in [-0.2, -0.15) is 8.42 Å². The van der Waals surface area contributed by atoms with Gasteiger partial charge >= 0.3 is 15.2 Å². The van der Waals surface area contributed by atoms with Crippen LogP contribution in [0.3, 0.4) is 0 Å². The average molecular weight is 571 g/mol. The van der Waals surface area contributed by atoms with Crippen molar-refractivity contribution in [1.29, 1.82) is 0 Å². The number of hydrogen-bond acceptors (Lipinski definition) is 6. The highest BCUT2D eigenvalue weighted by Crippen LogP contribution is 2.30. The van der Waals surface area contributed by atoms with Gasteiger partial charge in [-0.15, -0.1) is 3.97 Å². The van der Waals surface area contributed by atoms with Crippen LogP contribution in [0.5, 0.6) is 0 Å². The Labute approximate surface area is 231 Å². The molecule has 8 nitrogen and oxygen atoms in total. The van der Waals surface area contributed by atoms with Gasteiger partial charge in [-0.3, -0.25) is 4.79 Å². The third-order valence-corrected chi connectivity index (χ3v) is 9.61.